The molecule has 100 valence electrons. The van der Waals surface area contributed by atoms with Gasteiger partial charge in [0, 0.05) is 4.90 Å². The van der Waals surface area contributed by atoms with Crippen LogP contribution < -0.4 is 5.32 Å². The van der Waals surface area contributed by atoms with Crippen molar-refractivity contribution >= 4 is 48.2 Å². The van der Waals surface area contributed by atoms with Crippen LogP contribution in [0.1, 0.15) is 10.8 Å². The maximum Gasteiger partial charge on any atom is 0.242 e. The van der Waals surface area contributed by atoms with Crippen LogP contribution in [0.15, 0.2) is 59.5 Å². The number of halogens is 2. The lowest BCUT2D eigenvalue weighted by molar-refractivity contribution is -0.115. The van der Waals surface area contributed by atoms with Crippen LogP contribution in [-0.4, -0.2) is 5.91 Å². The number of nitrogens with one attached hydrogen (secondary N) is 1. The van der Waals surface area contributed by atoms with Crippen LogP contribution in [0.5, 0.6) is 0 Å². The van der Waals surface area contributed by atoms with Gasteiger partial charge in [-0.15, -0.1) is 36.6 Å². The van der Waals surface area contributed by atoms with Crippen LogP contribution in [-0.2, 0) is 4.79 Å². The lowest BCUT2D eigenvalue weighted by Crippen LogP contribution is -2.22. The molecule has 5 heteroatoms. The number of fused-ring (bicyclic) bond motifs is 1. The fourth-order valence-electron chi connectivity index (χ4n) is 1.90. The van der Waals surface area contributed by atoms with Gasteiger partial charge in [0.05, 0.1) is 5.69 Å². The van der Waals surface area contributed by atoms with Crippen molar-refractivity contribution in [2.45, 2.75) is 10.1 Å². The molecule has 1 N–H and O–H groups in total. The molecule has 0 radical (unpaired) electrons. The molecule has 2 aromatic rings. The predicted molar refractivity (Wildman–Crippen MR) is 84.6 cm³/mol. The maximum atomic E-state index is 12.0. The zero-order chi connectivity index (χ0) is 11.7. The summed E-state index contributed by atoms with van der Waals surface area (Å²) < 4.78 is 0. The number of rotatable bonds is 1. The Hall–Kier alpha value is -1.16. The quantitative estimate of drug-likeness (QED) is 0.849. The molecule has 3 rings (SSSR count). The lowest BCUT2D eigenvalue weighted by atomic mass is 10.1. The van der Waals surface area contributed by atoms with Crippen LogP contribution in [0, 0.1) is 0 Å². The summed E-state index contributed by atoms with van der Waals surface area (Å²) in [7, 11) is 0. The van der Waals surface area contributed by atoms with Crippen LogP contribution in [0.3, 0.4) is 0 Å². The molecule has 0 spiro atoms. The second-order valence-corrected chi connectivity index (χ2v) is 5.04. The molecule has 2 aromatic carbocycles. The molecular formula is C14H13Cl2NOS. The third-order valence-electron chi connectivity index (χ3n) is 2.73. The minimum Gasteiger partial charge on any atom is -0.324 e. The van der Waals surface area contributed by atoms with Crippen LogP contribution in [0.4, 0.5) is 5.69 Å². The number of para-hydroxylation sites is 1. The highest BCUT2D eigenvalue weighted by Crippen LogP contribution is 2.43. The first kappa shape index (κ1) is 15.9. The molecule has 0 aliphatic carbocycles. The van der Waals surface area contributed by atoms with Gasteiger partial charge in [-0.3, -0.25) is 4.79 Å². The van der Waals surface area contributed by atoms with Gasteiger partial charge in [-0.25, -0.2) is 0 Å². The standard InChI is InChI=1S/C14H11NOS.2ClH/c16-14-13(10-6-2-1-3-7-10)17-12-9-5-4-8-11(12)15-14;;/h1-9,13H,(H,15,16);2*1H. The number of carbonyl (C=O) groups excluding carboxylic acids is 1. The van der Waals surface area contributed by atoms with Crippen molar-refractivity contribution < 1.29 is 4.79 Å². The Morgan fingerprint density at radius 3 is 2.26 bits per heavy atom. The molecule has 0 bridgehead atoms. The SMILES string of the molecule is Cl.Cl.O=C1Nc2ccccc2SC1c1ccccc1. The molecule has 0 saturated heterocycles. The lowest BCUT2D eigenvalue weighted by Gasteiger charge is -2.24. The first-order valence-corrected chi connectivity index (χ1v) is 6.34. The first-order chi connectivity index (χ1) is 8.34. The van der Waals surface area contributed by atoms with Gasteiger partial charge in [0.15, 0.2) is 0 Å². The summed E-state index contributed by atoms with van der Waals surface area (Å²) in [6.07, 6.45) is 0. The normalized spacial score (nSPS) is 16.4. The van der Waals surface area contributed by atoms with E-state index < -0.39 is 0 Å². The minimum atomic E-state index is -0.147. The maximum absolute atomic E-state index is 12.0. The van der Waals surface area contributed by atoms with Crippen LogP contribution in [0.25, 0.3) is 0 Å². The second kappa shape index (κ2) is 6.85. The Labute approximate surface area is 128 Å². The number of thioether (sulfide) groups is 1. The summed E-state index contributed by atoms with van der Waals surface area (Å²) >= 11 is 1.61. The number of hydrogen-bond donors (Lipinski definition) is 1. The molecule has 1 aliphatic rings. The smallest absolute Gasteiger partial charge is 0.242 e. The molecule has 1 aliphatic heterocycles. The third-order valence-corrected chi connectivity index (χ3v) is 4.06. The molecule has 1 heterocycles. The van der Waals surface area contributed by atoms with Crippen molar-refractivity contribution in [1.29, 1.82) is 0 Å². The minimum absolute atomic E-state index is 0. The third kappa shape index (κ3) is 3.24. The molecule has 1 atom stereocenters. The summed E-state index contributed by atoms with van der Waals surface area (Å²) in [5, 5.41) is 2.80. The van der Waals surface area contributed by atoms with Gasteiger partial charge < -0.3 is 5.32 Å². The van der Waals surface area contributed by atoms with Crippen molar-refractivity contribution in [3.05, 3.63) is 60.2 Å². The van der Waals surface area contributed by atoms with Crippen molar-refractivity contribution in [2.24, 2.45) is 0 Å². The van der Waals surface area contributed by atoms with Gasteiger partial charge in [-0.05, 0) is 17.7 Å². The molecule has 19 heavy (non-hydrogen) atoms. The molecule has 0 saturated carbocycles. The zero-order valence-electron chi connectivity index (χ0n) is 9.91. The average Bonchev–Trinajstić information content (AvgIpc) is 2.39. The van der Waals surface area contributed by atoms with E-state index in [1.165, 1.54) is 0 Å². The number of benzene rings is 2. The van der Waals surface area contributed by atoms with Gasteiger partial charge in [0.25, 0.3) is 0 Å². The summed E-state index contributed by atoms with van der Waals surface area (Å²) in [6.45, 7) is 0. The average molecular weight is 314 g/mol. The summed E-state index contributed by atoms with van der Waals surface area (Å²) in [6, 6.07) is 17.8. The highest BCUT2D eigenvalue weighted by molar-refractivity contribution is 8.00. The van der Waals surface area contributed by atoms with Gasteiger partial charge in [-0.2, -0.15) is 0 Å². The Morgan fingerprint density at radius 1 is 0.895 bits per heavy atom. The van der Waals surface area contributed by atoms with E-state index in [0.29, 0.717) is 0 Å². The van der Waals surface area contributed by atoms with E-state index in [2.05, 4.69) is 5.32 Å². The van der Waals surface area contributed by atoms with Crippen molar-refractivity contribution in [2.75, 3.05) is 5.32 Å². The number of carbonyl (C=O) groups is 1. The topological polar surface area (TPSA) is 29.1 Å². The van der Waals surface area contributed by atoms with Gasteiger partial charge in [0.2, 0.25) is 5.91 Å². The molecule has 2 nitrogen and oxygen atoms in total. The van der Waals surface area contributed by atoms with Gasteiger partial charge >= 0.3 is 0 Å². The fourth-order valence-corrected chi connectivity index (χ4v) is 3.01. The highest BCUT2D eigenvalue weighted by atomic mass is 35.5. The summed E-state index contributed by atoms with van der Waals surface area (Å²) in [4.78, 5) is 13.2. The molecule has 1 unspecified atom stereocenters. The summed E-state index contributed by atoms with van der Waals surface area (Å²) in [5.74, 6) is 0.0555. The highest BCUT2D eigenvalue weighted by Gasteiger charge is 2.27. The fraction of sp³-hybridized carbons (Fsp3) is 0.0714. The number of amides is 1. The molecule has 1 amide bonds. The Balaban J connectivity index is 0.000000902. The van der Waals surface area contributed by atoms with E-state index in [-0.39, 0.29) is 36.0 Å². The largest absolute Gasteiger partial charge is 0.324 e. The van der Waals surface area contributed by atoms with Gasteiger partial charge in [-0.1, -0.05) is 42.5 Å². The van der Waals surface area contributed by atoms with E-state index in [1.54, 1.807) is 11.8 Å². The van der Waals surface area contributed by atoms with E-state index >= 15 is 0 Å². The second-order valence-electron chi connectivity index (χ2n) is 3.89. The Bertz CT molecular complexity index is 562. The molecular weight excluding hydrogens is 301 g/mol. The number of hydrogen-bond acceptors (Lipinski definition) is 2. The molecule has 0 aromatic heterocycles. The van der Waals surface area contributed by atoms with Crippen LogP contribution in [0.2, 0.25) is 0 Å². The predicted octanol–water partition coefficient (Wildman–Crippen LogP) is 4.32. The monoisotopic (exact) mass is 313 g/mol. The van der Waals surface area contributed by atoms with E-state index in [4.69, 9.17) is 0 Å². The van der Waals surface area contributed by atoms with Crippen molar-refractivity contribution in [1.82, 2.24) is 0 Å². The van der Waals surface area contributed by atoms with Crippen molar-refractivity contribution in [3.8, 4) is 0 Å². The Morgan fingerprint density at radius 2 is 1.53 bits per heavy atom. The van der Waals surface area contributed by atoms with Gasteiger partial charge in [0.1, 0.15) is 5.25 Å². The van der Waals surface area contributed by atoms with E-state index in [9.17, 15) is 4.79 Å². The van der Waals surface area contributed by atoms with E-state index in [1.807, 2.05) is 54.6 Å². The number of anilines is 1. The van der Waals surface area contributed by atoms with E-state index in [0.717, 1.165) is 16.1 Å². The first-order valence-electron chi connectivity index (χ1n) is 5.46. The zero-order valence-corrected chi connectivity index (χ0v) is 12.4. The molecule has 0 fully saturated rings. The van der Waals surface area contributed by atoms with Crippen LogP contribution >= 0.6 is 36.6 Å². The van der Waals surface area contributed by atoms with Crippen molar-refractivity contribution in [3.63, 3.8) is 0 Å². The summed E-state index contributed by atoms with van der Waals surface area (Å²) in [5.41, 5.74) is 1.96. The Kier molecular flexibility index (Phi) is 5.73.